The number of aromatic nitrogens is 1. The van der Waals surface area contributed by atoms with Gasteiger partial charge in [-0.2, -0.15) is 0 Å². The fraction of sp³-hybridized carbons (Fsp3) is 0.345. The number of benzene rings is 2. The van der Waals surface area contributed by atoms with Crippen molar-refractivity contribution in [3.8, 4) is 5.75 Å². The highest BCUT2D eigenvalue weighted by Crippen LogP contribution is 2.38. The molecule has 0 bridgehead atoms. The number of halogens is 2. The van der Waals surface area contributed by atoms with Crippen molar-refractivity contribution in [2.24, 2.45) is 0 Å². The molecule has 0 atom stereocenters. The second kappa shape index (κ2) is 10.4. The number of pyridine rings is 1. The van der Waals surface area contributed by atoms with Crippen LogP contribution < -0.4 is 9.64 Å². The molecule has 1 aromatic heterocycles. The smallest absolute Gasteiger partial charge is 0.131 e. The van der Waals surface area contributed by atoms with Crippen LogP contribution >= 0.6 is 23.2 Å². The average Bonchev–Trinajstić information content (AvgIpc) is 3.02. The Morgan fingerprint density at radius 3 is 2.56 bits per heavy atom. The van der Waals surface area contributed by atoms with Crippen molar-refractivity contribution in [3.05, 3.63) is 93.2 Å². The lowest BCUT2D eigenvalue weighted by molar-refractivity contribution is 0.0785. The van der Waals surface area contributed by atoms with Crippen molar-refractivity contribution in [2.75, 3.05) is 37.6 Å². The quantitative estimate of drug-likeness (QED) is 0.434. The molecule has 5 rings (SSSR count). The van der Waals surface area contributed by atoms with Crippen molar-refractivity contribution in [1.29, 1.82) is 0 Å². The van der Waals surface area contributed by atoms with Crippen LogP contribution in [0.15, 0.2) is 60.8 Å². The van der Waals surface area contributed by atoms with E-state index < -0.39 is 5.60 Å². The molecule has 1 N–H and O–H groups in total. The fourth-order valence-electron chi connectivity index (χ4n) is 4.86. The minimum Gasteiger partial charge on any atom is -0.487 e. The van der Waals surface area contributed by atoms with E-state index in [-0.39, 0.29) is 0 Å². The zero-order valence-electron chi connectivity index (χ0n) is 20.7. The van der Waals surface area contributed by atoms with Crippen LogP contribution in [0.25, 0.3) is 5.57 Å². The van der Waals surface area contributed by atoms with Gasteiger partial charge in [-0.15, -0.1) is 0 Å². The topological polar surface area (TPSA) is 48.8 Å². The van der Waals surface area contributed by atoms with Gasteiger partial charge in [0.1, 0.15) is 12.4 Å². The molecule has 5 nitrogen and oxygen atoms in total. The van der Waals surface area contributed by atoms with E-state index in [1.165, 1.54) is 0 Å². The predicted molar refractivity (Wildman–Crippen MR) is 147 cm³/mol. The van der Waals surface area contributed by atoms with Gasteiger partial charge in [0, 0.05) is 55.7 Å². The molecular formula is C29H31Cl2N3O2. The Morgan fingerprint density at radius 2 is 1.81 bits per heavy atom. The summed E-state index contributed by atoms with van der Waals surface area (Å²) >= 11 is 12.3. The second-order valence-corrected chi connectivity index (χ2v) is 10.7. The summed E-state index contributed by atoms with van der Waals surface area (Å²) in [6.07, 6.45) is 5.02. The van der Waals surface area contributed by atoms with Crippen LogP contribution in [0.1, 0.15) is 42.7 Å². The molecule has 0 spiro atoms. The molecule has 2 aromatic carbocycles. The highest BCUT2D eigenvalue weighted by molar-refractivity contribution is 6.42. The van der Waals surface area contributed by atoms with Crippen molar-refractivity contribution in [1.82, 2.24) is 9.88 Å². The lowest BCUT2D eigenvalue weighted by atomic mass is 9.90. The number of nitrogens with zero attached hydrogens (tertiary/aromatic N) is 3. The minimum absolute atomic E-state index is 0.430. The first-order valence-electron chi connectivity index (χ1n) is 12.4. The van der Waals surface area contributed by atoms with Crippen LogP contribution in [-0.2, 0) is 12.2 Å². The Bertz CT molecular complexity index is 1280. The van der Waals surface area contributed by atoms with Gasteiger partial charge in [-0.1, -0.05) is 41.4 Å². The van der Waals surface area contributed by atoms with Crippen LogP contribution in [0.5, 0.6) is 5.75 Å². The summed E-state index contributed by atoms with van der Waals surface area (Å²) < 4.78 is 6.12. The largest absolute Gasteiger partial charge is 0.487 e. The lowest BCUT2D eigenvalue weighted by Crippen LogP contribution is -2.46. The molecule has 0 radical (unpaired) electrons. The molecule has 7 heteroatoms. The number of piperazine rings is 1. The second-order valence-electron chi connectivity index (χ2n) is 9.89. The van der Waals surface area contributed by atoms with E-state index in [2.05, 4.69) is 33.0 Å². The fourth-order valence-corrected chi connectivity index (χ4v) is 5.15. The van der Waals surface area contributed by atoms with E-state index in [0.717, 1.165) is 78.5 Å². The van der Waals surface area contributed by atoms with Crippen molar-refractivity contribution >= 4 is 34.5 Å². The first-order valence-corrected chi connectivity index (χ1v) is 13.1. The van der Waals surface area contributed by atoms with Crippen LogP contribution in [0.3, 0.4) is 0 Å². The monoisotopic (exact) mass is 523 g/mol. The number of fused-ring (bicyclic) bond motifs is 2. The molecule has 2 aliphatic heterocycles. The standard InChI is InChI=1S/C29H31Cl2N3O2/c1-29(2,35)20-7-10-28-24(17-20)22(23-5-3-11-32-27(23)19-36-28)6-4-12-33-13-15-34(16-14-33)21-8-9-25(30)26(31)18-21/h3,5-11,17-18,35H,4,12-16,19H2,1-2H3. The highest BCUT2D eigenvalue weighted by Gasteiger charge is 2.24. The van der Waals surface area contributed by atoms with Crippen LogP contribution in [-0.4, -0.2) is 47.7 Å². The van der Waals surface area contributed by atoms with E-state index in [0.29, 0.717) is 16.7 Å². The molecule has 3 heterocycles. The van der Waals surface area contributed by atoms with Gasteiger partial charge in [-0.25, -0.2) is 0 Å². The van der Waals surface area contributed by atoms with E-state index in [9.17, 15) is 5.11 Å². The van der Waals surface area contributed by atoms with Crippen molar-refractivity contribution in [3.63, 3.8) is 0 Å². The summed E-state index contributed by atoms with van der Waals surface area (Å²) in [5, 5.41) is 11.8. The van der Waals surface area contributed by atoms with Gasteiger partial charge >= 0.3 is 0 Å². The van der Waals surface area contributed by atoms with Gasteiger partial charge in [0.15, 0.2) is 0 Å². The number of anilines is 1. The molecule has 188 valence electrons. The molecule has 0 aliphatic carbocycles. The van der Waals surface area contributed by atoms with Gasteiger partial charge in [0.25, 0.3) is 0 Å². The highest BCUT2D eigenvalue weighted by atomic mass is 35.5. The van der Waals surface area contributed by atoms with Crippen LogP contribution in [0.4, 0.5) is 5.69 Å². The molecule has 1 saturated heterocycles. The van der Waals surface area contributed by atoms with Crippen LogP contribution in [0, 0.1) is 0 Å². The zero-order valence-corrected chi connectivity index (χ0v) is 22.2. The average molecular weight is 524 g/mol. The summed E-state index contributed by atoms with van der Waals surface area (Å²) in [4.78, 5) is 9.44. The SMILES string of the molecule is CC(C)(O)c1ccc2c(c1)C(=CCCN1CCN(c3ccc(Cl)c(Cl)c3)CC1)c1cccnc1CO2. The normalized spacial score (nSPS) is 17.4. The Kier molecular flexibility index (Phi) is 7.27. The Hall–Kier alpha value is -2.57. The molecule has 0 unspecified atom stereocenters. The molecule has 36 heavy (non-hydrogen) atoms. The third kappa shape index (κ3) is 5.40. The third-order valence-corrected chi connectivity index (χ3v) is 7.69. The Balaban J connectivity index is 1.32. The minimum atomic E-state index is -0.932. The third-order valence-electron chi connectivity index (χ3n) is 6.96. The molecule has 0 amide bonds. The summed E-state index contributed by atoms with van der Waals surface area (Å²) in [6.45, 7) is 8.90. The molecular weight excluding hydrogens is 493 g/mol. The Morgan fingerprint density at radius 1 is 1.00 bits per heavy atom. The van der Waals surface area contributed by atoms with Gasteiger partial charge < -0.3 is 14.7 Å². The van der Waals surface area contributed by atoms with Gasteiger partial charge in [0.05, 0.1) is 21.3 Å². The van der Waals surface area contributed by atoms with E-state index in [1.807, 2.05) is 56.4 Å². The van der Waals surface area contributed by atoms with Crippen LogP contribution in [0.2, 0.25) is 10.0 Å². The van der Waals surface area contributed by atoms with Gasteiger partial charge in [-0.3, -0.25) is 9.88 Å². The zero-order chi connectivity index (χ0) is 25.3. The number of hydrogen-bond donors (Lipinski definition) is 1. The van der Waals surface area contributed by atoms with Gasteiger partial charge in [-0.05, 0) is 67.8 Å². The first kappa shape index (κ1) is 25.1. The molecule has 2 aliphatic rings. The summed E-state index contributed by atoms with van der Waals surface area (Å²) in [7, 11) is 0. The predicted octanol–water partition coefficient (Wildman–Crippen LogP) is 6.15. The van der Waals surface area contributed by atoms with Crippen molar-refractivity contribution in [2.45, 2.75) is 32.5 Å². The lowest BCUT2D eigenvalue weighted by Gasteiger charge is -2.36. The Labute approximate surface area is 222 Å². The molecule has 3 aromatic rings. The summed E-state index contributed by atoms with van der Waals surface area (Å²) in [5.41, 5.74) is 5.19. The van der Waals surface area contributed by atoms with Crippen molar-refractivity contribution < 1.29 is 9.84 Å². The van der Waals surface area contributed by atoms with E-state index in [1.54, 1.807) is 0 Å². The molecule has 1 fully saturated rings. The summed E-state index contributed by atoms with van der Waals surface area (Å²) in [6, 6.07) is 15.9. The first-order chi connectivity index (χ1) is 17.3. The number of rotatable bonds is 5. The maximum absolute atomic E-state index is 10.6. The summed E-state index contributed by atoms with van der Waals surface area (Å²) in [5.74, 6) is 0.822. The molecule has 0 saturated carbocycles. The maximum Gasteiger partial charge on any atom is 0.131 e. The number of hydrogen-bond acceptors (Lipinski definition) is 5. The maximum atomic E-state index is 10.6. The van der Waals surface area contributed by atoms with E-state index in [4.69, 9.17) is 27.9 Å². The number of ether oxygens (including phenoxy) is 1. The van der Waals surface area contributed by atoms with E-state index >= 15 is 0 Å². The van der Waals surface area contributed by atoms with Gasteiger partial charge in [0.2, 0.25) is 0 Å². The number of aliphatic hydroxyl groups is 1.